The van der Waals surface area contributed by atoms with Crippen molar-refractivity contribution in [3.63, 3.8) is 0 Å². The van der Waals surface area contributed by atoms with Gasteiger partial charge in [0.15, 0.2) is 12.1 Å². The first-order valence-corrected chi connectivity index (χ1v) is 22.1. The van der Waals surface area contributed by atoms with Gasteiger partial charge in [0, 0.05) is 50.0 Å². The summed E-state index contributed by atoms with van der Waals surface area (Å²) < 4.78 is 23.5. The fraction of sp³-hybridized carbons (Fsp3) is 0.660. The van der Waals surface area contributed by atoms with E-state index in [-0.39, 0.29) is 50.4 Å². The van der Waals surface area contributed by atoms with Crippen LogP contribution in [0.2, 0.25) is 0 Å². The number of aliphatic carboxylic acids is 1. The predicted octanol–water partition coefficient (Wildman–Crippen LogP) is 2.77. The Morgan fingerprint density at radius 1 is 0.698 bits per heavy atom. The van der Waals surface area contributed by atoms with Crippen molar-refractivity contribution in [2.45, 2.75) is 177 Å². The Morgan fingerprint density at radius 2 is 1.27 bits per heavy atom. The molecule has 0 spiro atoms. The second-order valence-corrected chi connectivity index (χ2v) is 17.3. The highest BCUT2D eigenvalue weighted by Gasteiger charge is 2.50. The van der Waals surface area contributed by atoms with Gasteiger partial charge in [-0.15, -0.1) is 0 Å². The fourth-order valence-corrected chi connectivity index (χ4v) is 7.94. The molecule has 2 fully saturated rings. The van der Waals surface area contributed by atoms with Crippen LogP contribution in [0.25, 0.3) is 0 Å². The summed E-state index contributed by atoms with van der Waals surface area (Å²) in [5.74, 6) is -6.32. The maximum absolute atomic E-state index is 12.6. The molecule has 0 aliphatic carbocycles. The van der Waals surface area contributed by atoms with Crippen molar-refractivity contribution in [2.24, 2.45) is 23.5 Å². The van der Waals surface area contributed by atoms with Gasteiger partial charge < -0.3 is 70.6 Å². The average molecular weight is 892 g/mol. The van der Waals surface area contributed by atoms with Crippen LogP contribution in [0.3, 0.4) is 0 Å². The van der Waals surface area contributed by atoms with Gasteiger partial charge in [-0.1, -0.05) is 112 Å². The molecule has 11 N–H and O–H groups in total. The number of allylic oxidation sites excluding steroid dienone is 12. The van der Waals surface area contributed by atoms with E-state index in [1.807, 2.05) is 55.5 Å². The number of fused-ring (bicyclic) bond motifs is 2. The molecule has 3 heterocycles. The van der Waals surface area contributed by atoms with Crippen molar-refractivity contribution in [3.05, 3.63) is 85.1 Å². The SMILES string of the molecule is CC1OC(O[C@H]2/C=C/C=C/C=C/C=C/C=C/C=C/C=C/[C@H](C)[C@@H](O)[C@@H](C)[C@H](C)OC(=O)C[C@H](O)CCCC[C@@H](O)[C@H](O)C[C@H](O)C[C@]3(O)C[C@H](O)[C@@H](C(=O)O)[C@H](C2)O3)CC(N)C1O. The monoisotopic (exact) mass is 891 g/mol. The number of carboxylic acids is 1. The number of cyclic esters (lactones) is 1. The highest BCUT2D eigenvalue weighted by atomic mass is 16.7. The summed E-state index contributed by atoms with van der Waals surface area (Å²) in [4.78, 5) is 25.0. The molecule has 2 bridgehead atoms. The van der Waals surface area contributed by atoms with Crippen molar-refractivity contribution in [3.8, 4) is 0 Å². The number of carbonyl (C=O) groups is 2. The number of carbonyl (C=O) groups excluding carboxylic acids is 1. The summed E-state index contributed by atoms with van der Waals surface area (Å²) in [5, 5.41) is 96.7. The van der Waals surface area contributed by atoms with E-state index in [2.05, 4.69) is 0 Å². The zero-order valence-corrected chi connectivity index (χ0v) is 36.9. The number of hydrogen-bond acceptors (Lipinski definition) is 15. The van der Waals surface area contributed by atoms with E-state index >= 15 is 0 Å². The van der Waals surface area contributed by atoms with Crippen LogP contribution in [0.1, 0.15) is 91.9 Å². The number of ether oxygens (including phenoxy) is 4. The highest BCUT2D eigenvalue weighted by Crippen LogP contribution is 2.38. The summed E-state index contributed by atoms with van der Waals surface area (Å²) in [6.07, 6.45) is 11.5. The number of rotatable bonds is 3. The van der Waals surface area contributed by atoms with Crippen LogP contribution in [0.15, 0.2) is 85.1 Å². The first-order valence-electron chi connectivity index (χ1n) is 22.1. The molecule has 0 radical (unpaired) electrons. The van der Waals surface area contributed by atoms with Gasteiger partial charge in [0.05, 0.1) is 67.5 Å². The van der Waals surface area contributed by atoms with Gasteiger partial charge in [-0.05, 0) is 26.7 Å². The Kier molecular flexibility index (Phi) is 23.3. The van der Waals surface area contributed by atoms with Crippen molar-refractivity contribution >= 4 is 11.9 Å². The highest BCUT2D eigenvalue weighted by molar-refractivity contribution is 5.71. The van der Waals surface area contributed by atoms with E-state index in [1.54, 1.807) is 57.2 Å². The van der Waals surface area contributed by atoms with E-state index in [0.29, 0.717) is 12.8 Å². The van der Waals surface area contributed by atoms with Gasteiger partial charge in [0.1, 0.15) is 12.0 Å². The van der Waals surface area contributed by atoms with Crippen LogP contribution in [-0.4, -0.2) is 143 Å². The molecule has 356 valence electrons. The van der Waals surface area contributed by atoms with E-state index in [0.717, 1.165) is 0 Å². The molecular formula is C47H73NO15. The lowest BCUT2D eigenvalue weighted by Crippen LogP contribution is -2.56. The summed E-state index contributed by atoms with van der Waals surface area (Å²) in [5.41, 5.74) is 6.13. The smallest absolute Gasteiger partial charge is 0.311 e. The van der Waals surface area contributed by atoms with Gasteiger partial charge in [-0.25, -0.2) is 0 Å². The third-order valence-corrected chi connectivity index (χ3v) is 11.8. The first-order chi connectivity index (χ1) is 29.8. The molecule has 0 amide bonds. The maximum atomic E-state index is 12.6. The molecule has 3 rings (SSSR count). The third-order valence-electron chi connectivity index (χ3n) is 11.8. The molecular weight excluding hydrogens is 819 g/mol. The second-order valence-electron chi connectivity index (χ2n) is 17.3. The maximum Gasteiger partial charge on any atom is 0.311 e. The van der Waals surface area contributed by atoms with Gasteiger partial charge in [0.25, 0.3) is 0 Å². The Morgan fingerprint density at radius 3 is 1.86 bits per heavy atom. The van der Waals surface area contributed by atoms with Crippen LogP contribution in [0, 0.1) is 17.8 Å². The quantitative estimate of drug-likeness (QED) is 0.182. The van der Waals surface area contributed by atoms with Crippen molar-refractivity contribution < 1.29 is 74.5 Å². The number of esters is 1. The van der Waals surface area contributed by atoms with Crippen LogP contribution in [0.5, 0.6) is 0 Å². The van der Waals surface area contributed by atoms with Gasteiger partial charge >= 0.3 is 11.9 Å². The molecule has 0 aromatic rings. The molecule has 0 saturated carbocycles. The van der Waals surface area contributed by atoms with Crippen molar-refractivity contribution in [1.29, 1.82) is 0 Å². The van der Waals surface area contributed by atoms with Crippen LogP contribution in [-0.2, 0) is 28.5 Å². The minimum atomic E-state index is -2.22. The van der Waals surface area contributed by atoms with Crippen molar-refractivity contribution in [1.82, 2.24) is 0 Å². The Labute approximate surface area is 371 Å². The minimum Gasteiger partial charge on any atom is -0.481 e. The Balaban J connectivity index is 1.82. The van der Waals surface area contributed by atoms with Gasteiger partial charge in [-0.2, -0.15) is 0 Å². The molecule has 16 nitrogen and oxygen atoms in total. The molecule has 0 aromatic carbocycles. The van der Waals surface area contributed by atoms with E-state index in [9.17, 15) is 55.5 Å². The lowest BCUT2D eigenvalue weighted by atomic mass is 9.82. The molecule has 3 aliphatic rings. The second kappa shape index (κ2) is 27.2. The minimum absolute atomic E-state index is 0.100. The number of aliphatic hydroxyl groups is 8. The van der Waals surface area contributed by atoms with Crippen LogP contribution >= 0.6 is 0 Å². The number of aliphatic hydroxyl groups excluding tert-OH is 7. The molecule has 2 saturated heterocycles. The van der Waals surface area contributed by atoms with E-state index in [1.165, 1.54) is 0 Å². The number of carboxylic acid groups (broad SMARTS) is 1. The summed E-state index contributed by atoms with van der Waals surface area (Å²) in [7, 11) is 0. The predicted molar refractivity (Wildman–Crippen MR) is 234 cm³/mol. The standard InChI is InChI=1S/C47H73NO15/c1-29-19-15-13-11-9-7-5-6-8-10-12-14-16-21-35(62-42-26-36(48)45(56)32(4)61-42)25-40-43(46(57)58)39(53)28-47(59,63-40)27-34(50)23-38(52)37(51)22-18-17-20-33(49)24-41(54)60-31(3)30(2)44(29)55/h5-16,19,21,29-40,42-45,49-53,55-56,59H,17-18,20,22-28,48H2,1-4H3,(H,57,58)/b6-5+,9-7+,10-8+,13-11+,14-12+,19-15+,21-16+/t29-,30-,31-,32?,33+,34-,35-,36?,37+,38+,39-,40-,42?,43+,44+,45?,47+/m0/s1. The summed E-state index contributed by atoms with van der Waals surface area (Å²) in [6.45, 7) is 6.99. The van der Waals surface area contributed by atoms with E-state index in [4.69, 9.17) is 24.7 Å². The molecule has 0 aromatic heterocycles. The Bertz CT molecular complexity index is 1580. The van der Waals surface area contributed by atoms with Crippen LogP contribution < -0.4 is 5.73 Å². The first kappa shape index (κ1) is 54.0. The molecule has 17 atom stereocenters. The fourth-order valence-electron chi connectivity index (χ4n) is 7.94. The molecule has 4 unspecified atom stereocenters. The third kappa shape index (κ3) is 18.9. The molecule has 3 aliphatic heterocycles. The Hall–Kier alpha value is -3.36. The summed E-state index contributed by atoms with van der Waals surface area (Å²) in [6, 6.07) is -0.657. The normalized spacial score (nSPS) is 44.2. The van der Waals surface area contributed by atoms with E-state index < -0.39 is 116 Å². The largest absolute Gasteiger partial charge is 0.481 e. The topological polar surface area (TPSA) is 279 Å². The number of nitrogens with two attached hydrogens (primary N) is 1. The zero-order valence-electron chi connectivity index (χ0n) is 36.9. The van der Waals surface area contributed by atoms with Crippen LogP contribution in [0.4, 0.5) is 0 Å². The molecule has 63 heavy (non-hydrogen) atoms. The molecule has 16 heteroatoms. The van der Waals surface area contributed by atoms with Gasteiger partial charge in [-0.3, -0.25) is 9.59 Å². The summed E-state index contributed by atoms with van der Waals surface area (Å²) >= 11 is 0. The van der Waals surface area contributed by atoms with Gasteiger partial charge in [0.2, 0.25) is 0 Å². The number of hydrogen-bond donors (Lipinski definition) is 10. The van der Waals surface area contributed by atoms with Crippen molar-refractivity contribution in [2.75, 3.05) is 0 Å². The lowest BCUT2D eigenvalue weighted by molar-refractivity contribution is -0.304. The average Bonchev–Trinajstić information content (AvgIpc) is 3.19. The zero-order chi connectivity index (χ0) is 46.7. The lowest BCUT2D eigenvalue weighted by Gasteiger charge is -2.45.